The first kappa shape index (κ1) is 19.4. The first-order valence-corrected chi connectivity index (χ1v) is 10.5. The summed E-state index contributed by atoms with van der Waals surface area (Å²) in [6.07, 6.45) is 3.90. The Morgan fingerprint density at radius 3 is 2.61 bits per heavy atom. The van der Waals surface area contributed by atoms with Gasteiger partial charge in [-0.2, -0.15) is 0 Å². The van der Waals surface area contributed by atoms with E-state index in [0.29, 0.717) is 5.11 Å². The highest BCUT2D eigenvalue weighted by atomic mass is 32.1. The zero-order valence-electron chi connectivity index (χ0n) is 17.0. The minimum absolute atomic E-state index is 0.138. The lowest BCUT2D eigenvalue weighted by Gasteiger charge is -2.22. The summed E-state index contributed by atoms with van der Waals surface area (Å²) >= 11 is 5.70. The number of fused-ring (bicyclic) bond motifs is 1. The Bertz CT molecular complexity index is 1280. The molecule has 0 saturated heterocycles. The van der Waals surface area contributed by atoms with Crippen molar-refractivity contribution in [2.24, 2.45) is 0 Å². The lowest BCUT2D eigenvalue weighted by atomic mass is 9.95. The highest BCUT2D eigenvalue weighted by Gasteiger charge is 2.30. The monoisotopic (exact) mass is 423 g/mol. The summed E-state index contributed by atoms with van der Waals surface area (Å²) in [4.78, 5) is 9.30. The van der Waals surface area contributed by atoms with Crippen LogP contribution in [0, 0.1) is 6.92 Å². The smallest absolute Gasteiger partial charge is 0.192 e. The van der Waals surface area contributed by atoms with Crippen LogP contribution in [0.15, 0.2) is 91.3 Å². The fourth-order valence-corrected chi connectivity index (χ4v) is 4.03. The van der Waals surface area contributed by atoms with Crippen molar-refractivity contribution in [1.82, 2.24) is 20.4 Å². The van der Waals surface area contributed by atoms with E-state index in [9.17, 15) is 0 Å². The van der Waals surface area contributed by atoms with Gasteiger partial charge in [-0.15, -0.1) is 0 Å². The summed E-state index contributed by atoms with van der Waals surface area (Å²) in [6, 6.07) is 26.1. The van der Waals surface area contributed by atoms with Crippen molar-refractivity contribution in [1.29, 1.82) is 0 Å². The van der Waals surface area contributed by atoms with Gasteiger partial charge in [0, 0.05) is 34.7 Å². The molecular formula is C25H21N5S. The molecule has 152 valence electrons. The normalized spacial score (nSPS) is 15.7. The van der Waals surface area contributed by atoms with Gasteiger partial charge in [0.25, 0.3) is 0 Å². The molecule has 1 aliphatic heterocycles. The van der Waals surface area contributed by atoms with Crippen molar-refractivity contribution in [3.05, 3.63) is 108 Å². The quantitative estimate of drug-likeness (QED) is 0.440. The van der Waals surface area contributed by atoms with Gasteiger partial charge in [0.1, 0.15) is 0 Å². The fourth-order valence-electron chi connectivity index (χ4n) is 3.80. The molecule has 0 spiro atoms. The molecule has 2 aromatic carbocycles. The molecule has 0 amide bonds. The predicted molar refractivity (Wildman–Crippen MR) is 129 cm³/mol. The number of thiocarbonyl (C=S) groups is 1. The zero-order chi connectivity index (χ0) is 21.2. The lowest BCUT2D eigenvalue weighted by molar-refractivity contribution is 0.411. The van der Waals surface area contributed by atoms with E-state index < -0.39 is 0 Å². The molecule has 3 heterocycles. The number of rotatable bonds is 3. The van der Waals surface area contributed by atoms with E-state index in [4.69, 9.17) is 17.2 Å². The van der Waals surface area contributed by atoms with Gasteiger partial charge in [0.2, 0.25) is 0 Å². The number of para-hydroxylation sites is 2. The van der Waals surface area contributed by atoms with E-state index >= 15 is 0 Å². The predicted octanol–water partition coefficient (Wildman–Crippen LogP) is 5.24. The van der Waals surface area contributed by atoms with E-state index in [1.165, 1.54) is 0 Å². The van der Waals surface area contributed by atoms with Gasteiger partial charge in [-0.05, 0) is 61.1 Å². The number of hydrogen-bond donors (Lipinski definition) is 2. The van der Waals surface area contributed by atoms with E-state index in [0.717, 1.165) is 39.1 Å². The van der Waals surface area contributed by atoms with E-state index in [1.807, 2.05) is 84.9 Å². The largest absolute Gasteiger partial charge is 0.331 e. The van der Waals surface area contributed by atoms with Gasteiger partial charge < -0.3 is 5.32 Å². The number of hydrazine groups is 1. The third-order valence-electron chi connectivity index (χ3n) is 5.26. The third kappa shape index (κ3) is 3.91. The van der Waals surface area contributed by atoms with Crippen LogP contribution in [0.5, 0.6) is 0 Å². The number of aryl methyl sites for hydroxylation is 1. The molecule has 1 aliphatic rings. The second-order valence-electron chi connectivity index (χ2n) is 7.39. The number of hydrogen-bond acceptors (Lipinski definition) is 4. The summed E-state index contributed by atoms with van der Waals surface area (Å²) in [5.74, 6) is 0. The summed E-state index contributed by atoms with van der Waals surface area (Å²) in [5.41, 5.74) is 9.54. The van der Waals surface area contributed by atoms with Crippen molar-refractivity contribution >= 4 is 39.5 Å². The topological polar surface area (TPSA) is 53.1 Å². The number of pyridine rings is 2. The zero-order valence-corrected chi connectivity index (χ0v) is 17.8. The first-order chi connectivity index (χ1) is 15.2. The van der Waals surface area contributed by atoms with Crippen molar-refractivity contribution in [3.8, 4) is 0 Å². The fraction of sp³-hybridized carbons (Fsp3) is 0.0800. The molecule has 0 aliphatic carbocycles. The van der Waals surface area contributed by atoms with Crippen molar-refractivity contribution in [2.75, 3.05) is 5.32 Å². The summed E-state index contributed by atoms with van der Waals surface area (Å²) < 4.78 is 0. The Kier molecular flexibility index (Phi) is 5.16. The highest BCUT2D eigenvalue weighted by molar-refractivity contribution is 7.80. The van der Waals surface area contributed by atoms with Crippen molar-refractivity contribution in [2.45, 2.75) is 13.0 Å². The third-order valence-corrected chi connectivity index (χ3v) is 5.56. The molecule has 5 nitrogen and oxygen atoms in total. The molecule has 2 aromatic heterocycles. The SMILES string of the molecule is Cc1cccc(C2NN(C(=S)Nc3ccccc3)C=C2c2ccnc3ccccc23)n1. The van der Waals surface area contributed by atoms with E-state index in [2.05, 4.69) is 34.1 Å². The molecule has 31 heavy (non-hydrogen) atoms. The van der Waals surface area contributed by atoms with Gasteiger partial charge >= 0.3 is 0 Å². The summed E-state index contributed by atoms with van der Waals surface area (Å²) in [6.45, 7) is 2.00. The number of anilines is 1. The lowest BCUT2D eigenvalue weighted by Crippen LogP contribution is -2.39. The molecular weight excluding hydrogens is 402 g/mol. The number of aromatic nitrogens is 2. The van der Waals surface area contributed by atoms with Gasteiger partial charge in [0.15, 0.2) is 5.11 Å². The maximum absolute atomic E-state index is 5.70. The Labute approximate surface area is 186 Å². The van der Waals surface area contributed by atoms with Crippen LogP contribution in [0.3, 0.4) is 0 Å². The standard InChI is InChI=1S/C25H21N5S/c1-17-8-7-13-23(27-17)24-21(19-14-15-26-22-12-6-5-11-20(19)22)16-30(29-24)25(31)28-18-9-3-2-4-10-18/h2-16,24,29H,1H3,(H,28,31). The maximum Gasteiger partial charge on any atom is 0.192 e. The van der Waals surface area contributed by atoms with Crippen LogP contribution in [0.2, 0.25) is 0 Å². The van der Waals surface area contributed by atoms with Gasteiger partial charge in [0.05, 0.1) is 17.3 Å². The van der Waals surface area contributed by atoms with Gasteiger partial charge in [-0.1, -0.05) is 42.5 Å². The molecule has 0 radical (unpaired) electrons. The summed E-state index contributed by atoms with van der Waals surface area (Å²) in [7, 11) is 0. The van der Waals surface area contributed by atoms with Gasteiger partial charge in [-0.25, -0.2) is 5.43 Å². The molecule has 6 heteroatoms. The molecule has 5 rings (SSSR count). The molecule has 1 unspecified atom stereocenters. The number of benzene rings is 2. The minimum atomic E-state index is -0.138. The molecule has 4 aromatic rings. The van der Waals surface area contributed by atoms with Crippen LogP contribution in [0.1, 0.15) is 23.0 Å². The van der Waals surface area contributed by atoms with Crippen molar-refractivity contribution in [3.63, 3.8) is 0 Å². The second-order valence-corrected chi connectivity index (χ2v) is 7.78. The minimum Gasteiger partial charge on any atom is -0.331 e. The molecule has 0 saturated carbocycles. The Morgan fingerprint density at radius 1 is 0.968 bits per heavy atom. The van der Waals surface area contributed by atoms with Gasteiger partial charge in [-0.3, -0.25) is 15.0 Å². The maximum atomic E-state index is 5.70. The average Bonchev–Trinajstić information content (AvgIpc) is 3.25. The molecule has 0 fully saturated rings. The Hall–Kier alpha value is -3.61. The summed E-state index contributed by atoms with van der Waals surface area (Å²) in [5, 5.41) is 6.82. The molecule has 2 N–H and O–H groups in total. The Balaban J connectivity index is 1.57. The van der Waals surface area contributed by atoms with Crippen LogP contribution in [-0.2, 0) is 0 Å². The highest BCUT2D eigenvalue weighted by Crippen LogP contribution is 2.37. The van der Waals surface area contributed by atoms with E-state index in [1.54, 1.807) is 0 Å². The first-order valence-electron chi connectivity index (χ1n) is 10.1. The van der Waals surface area contributed by atoms with E-state index in [-0.39, 0.29) is 6.04 Å². The second kappa shape index (κ2) is 8.26. The van der Waals surface area contributed by atoms with Crippen LogP contribution in [0.4, 0.5) is 5.69 Å². The van der Waals surface area contributed by atoms with Crippen LogP contribution < -0.4 is 10.7 Å². The van der Waals surface area contributed by atoms with Crippen LogP contribution >= 0.6 is 12.2 Å². The van der Waals surface area contributed by atoms with Crippen LogP contribution in [-0.4, -0.2) is 20.1 Å². The average molecular weight is 424 g/mol. The molecule has 1 atom stereocenters. The number of nitrogens with one attached hydrogen (secondary N) is 2. The molecule has 0 bridgehead atoms. The van der Waals surface area contributed by atoms with Crippen LogP contribution in [0.25, 0.3) is 16.5 Å². The Morgan fingerprint density at radius 2 is 1.77 bits per heavy atom. The van der Waals surface area contributed by atoms with Crippen molar-refractivity contribution < 1.29 is 0 Å². The number of nitrogens with zero attached hydrogens (tertiary/aromatic N) is 3.